The summed E-state index contributed by atoms with van der Waals surface area (Å²) >= 11 is 0. The maximum absolute atomic E-state index is 10.2. The number of fused-ring (bicyclic) bond motifs is 1. The minimum atomic E-state index is -0.284. The highest BCUT2D eigenvalue weighted by Gasteiger charge is 2.28. The van der Waals surface area contributed by atoms with Crippen LogP contribution in [0.1, 0.15) is 17.0 Å². The van der Waals surface area contributed by atoms with Crippen molar-refractivity contribution in [2.75, 3.05) is 20.8 Å². The Morgan fingerprint density at radius 2 is 1.57 bits per heavy atom. The zero-order valence-electron chi connectivity index (χ0n) is 12.9. The smallest absolute Gasteiger partial charge is 0.201 e. The van der Waals surface area contributed by atoms with Crippen LogP contribution in [0.25, 0.3) is 0 Å². The van der Waals surface area contributed by atoms with E-state index in [0.29, 0.717) is 23.5 Å². The number of methoxy groups -OCH3 is 2. The summed E-state index contributed by atoms with van der Waals surface area (Å²) in [6.45, 7) is 0.271. The monoisotopic (exact) mass is 318 g/mol. The van der Waals surface area contributed by atoms with Crippen LogP contribution in [0.3, 0.4) is 0 Å². The van der Waals surface area contributed by atoms with Gasteiger partial charge >= 0.3 is 0 Å². The molecule has 1 heterocycles. The lowest BCUT2D eigenvalue weighted by molar-refractivity contribution is 0.242. The SMILES string of the molecule is COc1ccc([C@@H]2COc3c(ccc(OC)c3O)C2)c(O)c1O. The lowest BCUT2D eigenvalue weighted by Crippen LogP contribution is -2.19. The molecule has 23 heavy (non-hydrogen) atoms. The second kappa shape index (κ2) is 5.79. The van der Waals surface area contributed by atoms with Gasteiger partial charge in [0.2, 0.25) is 11.5 Å². The Morgan fingerprint density at radius 1 is 0.913 bits per heavy atom. The third-order valence-corrected chi connectivity index (χ3v) is 4.10. The summed E-state index contributed by atoms with van der Waals surface area (Å²) in [7, 11) is 2.90. The van der Waals surface area contributed by atoms with Crippen molar-refractivity contribution < 1.29 is 29.5 Å². The molecule has 0 bridgehead atoms. The zero-order chi connectivity index (χ0) is 16.6. The van der Waals surface area contributed by atoms with Crippen LogP contribution in [-0.4, -0.2) is 36.1 Å². The molecule has 0 amide bonds. The van der Waals surface area contributed by atoms with E-state index in [-0.39, 0.29) is 35.5 Å². The molecule has 6 nitrogen and oxygen atoms in total. The van der Waals surface area contributed by atoms with Crippen LogP contribution in [0.4, 0.5) is 0 Å². The van der Waals surface area contributed by atoms with Crippen LogP contribution in [0.2, 0.25) is 0 Å². The molecule has 0 aliphatic carbocycles. The van der Waals surface area contributed by atoms with E-state index in [1.165, 1.54) is 14.2 Å². The fourth-order valence-electron chi connectivity index (χ4n) is 2.86. The maximum Gasteiger partial charge on any atom is 0.201 e. The normalized spacial score (nSPS) is 16.3. The molecule has 2 aromatic rings. The Balaban J connectivity index is 1.94. The second-order valence-corrected chi connectivity index (χ2v) is 5.37. The van der Waals surface area contributed by atoms with E-state index in [0.717, 1.165) is 5.56 Å². The molecule has 1 aliphatic rings. The fourth-order valence-corrected chi connectivity index (χ4v) is 2.86. The van der Waals surface area contributed by atoms with Gasteiger partial charge in [-0.05, 0) is 24.1 Å². The van der Waals surface area contributed by atoms with Crippen molar-refractivity contribution >= 4 is 0 Å². The molecular weight excluding hydrogens is 300 g/mol. The lowest BCUT2D eigenvalue weighted by Gasteiger charge is -2.27. The molecule has 0 fully saturated rings. The first kappa shape index (κ1) is 15.1. The summed E-state index contributed by atoms with van der Waals surface area (Å²) in [6.07, 6.45) is 0.562. The average molecular weight is 318 g/mol. The molecule has 0 unspecified atom stereocenters. The van der Waals surface area contributed by atoms with Crippen molar-refractivity contribution in [1.29, 1.82) is 0 Å². The zero-order valence-corrected chi connectivity index (χ0v) is 12.9. The molecule has 3 rings (SSSR count). The predicted octanol–water partition coefficient (Wildman–Crippen LogP) is 2.54. The molecule has 0 spiro atoms. The van der Waals surface area contributed by atoms with Crippen LogP contribution in [0.5, 0.6) is 34.5 Å². The maximum atomic E-state index is 10.2. The molecule has 0 saturated carbocycles. The van der Waals surface area contributed by atoms with Crippen molar-refractivity contribution in [2.45, 2.75) is 12.3 Å². The van der Waals surface area contributed by atoms with Crippen LogP contribution >= 0.6 is 0 Å². The van der Waals surface area contributed by atoms with Gasteiger partial charge in [-0.15, -0.1) is 0 Å². The van der Waals surface area contributed by atoms with Gasteiger partial charge in [0.15, 0.2) is 23.0 Å². The number of hydrogen-bond donors (Lipinski definition) is 3. The van der Waals surface area contributed by atoms with Crippen molar-refractivity contribution in [3.05, 3.63) is 35.4 Å². The summed E-state index contributed by atoms with van der Waals surface area (Å²) in [6, 6.07) is 6.80. The molecule has 0 aromatic heterocycles. The van der Waals surface area contributed by atoms with E-state index in [2.05, 4.69) is 0 Å². The van der Waals surface area contributed by atoms with Gasteiger partial charge in [0, 0.05) is 11.5 Å². The highest BCUT2D eigenvalue weighted by molar-refractivity contribution is 5.58. The minimum Gasteiger partial charge on any atom is -0.504 e. The predicted molar refractivity (Wildman–Crippen MR) is 82.9 cm³/mol. The van der Waals surface area contributed by atoms with Gasteiger partial charge in [-0.3, -0.25) is 0 Å². The molecular formula is C17H18O6. The van der Waals surface area contributed by atoms with Gasteiger partial charge in [-0.1, -0.05) is 12.1 Å². The molecule has 0 saturated heterocycles. The summed E-state index contributed by atoms with van der Waals surface area (Å²) in [5.41, 5.74) is 1.39. The largest absolute Gasteiger partial charge is 0.504 e. The molecule has 2 aromatic carbocycles. The van der Waals surface area contributed by atoms with Crippen molar-refractivity contribution in [2.24, 2.45) is 0 Å². The first-order valence-electron chi connectivity index (χ1n) is 7.17. The van der Waals surface area contributed by atoms with Crippen LogP contribution in [-0.2, 0) is 6.42 Å². The van der Waals surface area contributed by atoms with E-state index in [4.69, 9.17) is 14.2 Å². The number of phenols is 3. The molecule has 0 radical (unpaired) electrons. The number of aromatic hydroxyl groups is 3. The van der Waals surface area contributed by atoms with Gasteiger partial charge in [-0.25, -0.2) is 0 Å². The topological polar surface area (TPSA) is 88.4 Å². The Hall–Kier alpha value is -2.76. The summed E-state index contributed by atoms with van der Waals surface area (Å²) in [4.78, 5) is 0. The minimum absolute atomic E-state index is 0.0229. The van der Waals surface area contributed by atoms with E-state index in [9.17, 15) is 15.3 Å². The third kappa shape index (κ3) is 2.46. The summed E-state index contributed by atoms with van der Waals surface area (Å²) in [5.74, 6) is 0.306. The standard InChI is InChI=1S/C17H18O6/c1-21-12-6-4-11(14(18)15(12)19)10-7-9-3-5-13(22-2)16(20)17(9)23-8-10/h3-6,10,18-20H,7-8H2,1-2H3/t10-/m0/s1. The van der Waals surface area contributed by atoms with E-state index < -0.39 is 0 Å². The van der Waals surface area contributed by atoms with Gasteiger partial charge in [0.1, 0.15) is 0 Å². The van der Waals surface area contributed by atoms with E-state index in [1.807, 2.05) is 6.07 Å². The Labute approximate surface area is 133 Å². The first-order valence-corrected chi connectivity index (χ1v) is 7.17. The highest BCUT2D eigenvalue weighted by atomic mass is 16.5. The van der Waals surface area contributed by atoms with E-state index >= 15 is 0 Å². The Morgan fingerprint density at radius 3 is 2.26 bits per heavy atom. The molecule has 3 N–H and O–H groups in total. The van der Waals surface area contributed by atoms with Crippen molar-refractivity contribution in [3.63, 3.8) is 0 Å². The van der Waals surface area contributed by atoms with Crippen molar-refractivity contribution in [1.82, 2.24) is 0 Å². The first-order chi connectivity index (χ1) is 11.1. The molecule has 122 valence electrons. The van der Waals surface area contributed by atoms with Gasteiger partial charge in [-0.2, -0.15) is 0 Å². The van der Waals surface area contributed by atoms with Gasteiger partial charge < -0.3 is 29.5 Å². The molecule has 1 atom stereocenters. The van der Waals surface area contributed by atoms with Gasteiger partial charge in [0.05, 0.1) is 20.8 Å². The number of benzene rings is 2. The third-order valence-electron chi connectivity index (χ3n) is 4.10. The highest BCUT2D eigenvalue weighted by Crippen LogP contribution is 2.47. The molecule has 1 aliphatic heterocycles. The summed E-state index contributed by atoms with van der Waals surface area (Å²) < 4.78 is 15.7. The Bertz CT molecular complexity index is 740. The van der Waals surface area contributed by atoms with Crippen LogP contribution < -0.4 is 14.2 Å². The van der Waals surface area contributed by atoms with Crippen LogP contribution in [0.15, 0.2) is 24.3 Å². The quantitative estimate of drug-likeness (QED) is 0.754. The number of phenolic OH excluding ortho intramolecular Hbond substituents is 3. The van der Waals surface area contributed by atoms with E-state index in [1.54, 1.807) is 18.2 Å². The second-order valence-electron chi connectivity index (χ2n) is 5.37. The number of ether oxygens (including phenoxy) is 3. The number of hydrogen-bond acceptors (Lipinski definition) is 6. The van der Waals surface area contributed by atoms with Crippen molar-refractivity contribution in [3.8, 4) is 34.5 Å². The molecule has 6 heteroatoms. The van der Waals surface area contributed by atoms with Crippen LogP contribution in [0, 0.1) is 0 Å². The Kier molecular flexibility index (Phi) is 3.82. The fraction of sp³-hybridized carbons (Fsp3) is 0.294. The lowest BCUT2D eigenvalue weighted by atomic mass is 9.89. The van der Waals surface area contributed by atoms with Gasteiger partial charge in [0.25, 0.3) is 0 Å². The number of rotatable bonds is 3. The average Bonchev–Trinajstić information content (AvgIpc) is 2.57. The summed E-state index contributed by atoms with van der Waals surface area (Å²) in [5, 5.41) is 30.2.